The van der Waals surface area contributed by atoms with Crippen LogP contribution in [-0.4, -0.2) is 101 Å². The van der Waals surface area contributed by atoms with E-state index in [2.05, 4.69) is 21.3 Å². The Bertz CT molecular complexity index is 3880. The molecule has 9 unspecified atom stereocenters. The Hall–Kier alpha value is -9.86. The van der Waals surface area contributed by atoms with Crippen LogP contribution < -0.4 is 35.5 Å². The normalized spacial score (nSPS) is 23.7. The molecular weight excluding hydrogens is 1150 g/mol. The van der Waals surface area contributed by atoms with Gasteiger partial charge in [0.2, 0.25) is 29.4 Å². The molecule has 0 fully saturated rings. The summed E-state index contributed by atoms with van der Waals surface area (Å²) in [5.41, 5.74) is 0.611. The molecule has 17 bridgehead atoms. The maximum Gasteiger partial charge on any atom is 0.373 e. The fourth-order valence-electron chi connectivity index (χ4n) is 10.8. The van der Waals surface area contributed by atoms with Gasteiger partial charge in [-0.15, -0.1) is 11.6 Å². The second-order valence-electron chi connectivity index (χ2n) is 20.8. The van der Waals surface area contributed by atoms with Crippen LogP contribution >= 0.6 is 23.2 Å². The van der Waals surface area contributed by atoms with Crippen LogP contribution in [0.4, 0.5) is 0 Å². The molecule has 24 heteroatoms. The first-order valence-corrected chi connectivity index (χ1v) is 27.1. The molecule has 6 aromatic carbocycles. The zero-order chi connectivity index (χ0) is 60.7. The lowest BCUT2D eigenvalue weighted by atomic mass is 9.85. The number of allylic oxidation sites excluding steroid dienone is 1. The van der Waals surface area contributed by atoms with Gasteiger partial charge in [0.05, 0.1) is 34.2 Å². The summed E-state index contributed by atoms with van der Waals surface area (Å²) in [6.45, 7) is 1.16. The zero-order valence-corrected chi connectivity index (χ0v) is 45.9. The molecule has 0 saturated carbocycles. The van der Waals surface area contributed by atoms with Gasteiger partial charge in [-0.3, -0.25) is 28.8 Å². The Balaban J connectivity index is 0.00000262. The highest BCUT2D eigenvalue weighted by molar-refractivity contribution is 6.32. The number of carbonyl (C=O) groups is 6. The van der Waals surface area contributed by atoms with Crippen LogP contribution in [0.15, 0.2) is 121 Å². The number of rotatable bonds is 0. The van der Waals surface area contributed by atoms with Crippen molar-refractivity contribution in [2.24, 2.45) is 0 Å². The van der Waals surface area contributed by atoms with E-state index < -0.39 is 143 Å². The van der Waals surface area contributed by atoms with Crippen LogP contribution in [0, 0.1) is 0 Å². The average Bonchev–Trinajstić information content (AvgIpc) is 1.85. The summed E-state index contributed by atoms with van der Waals surface area (Å²) in [7, 11) is 0. The predicted molar refractivity (Wildman–Crippen MR) is 298 cm³/mol. The fraction of sp³-hybridized carbons (Fsp3) is 0.230. The predicted octanol–water partition coefficient (Wildman–Crippen LogP) is 6.90. The van der Waals surface area contributed by atoms with E-state index in [0.29, 0.717) is 11.1 Å². The number of carbonyl (C=O) groups excluding carboxylic acids is 8. The minimum absolute atomic E-state index is 0.00524. The van der Waals surface area contributed by atoms with Gasteiger partial charge in [0.25, 0.3) is 0 Å². The van der Waals surface area contributed by atoms with Gasteiger partial charge in [0.1, 0.15) is 58.8 Å². The molecule has 7 aliphatic rings. The van der Waals surface area contributed by atoms with Gasteiger partial charge in [-0.2, -0.15) is 9.59 Å². The number of alkyl halides is 1. The lowest BCUT2D eigenvalue weighted by Gasteiger charge is -2.30. The van der Waals surface area contributed by atoms with E-state index in [0.717, 1.165) is 6.07 Å². The molecule has 13 rings (SSSR count). The number of ketones is 2. The van der Waals surface area contributed by atoms with Crippen molar-refractivity contribution in [3.63, 3.8) is 0 Å². The van der Waals surface area contributed by atoms with E-state index in [1.807, 2.05) is 0 Å². The molecule has 1 aliphatic carbocycles. The summed E-state index contributed by atoms with van der Waals surface area (Å²) in [6.07, 6.45) is 0.374. The SMILES string of the molecule is CC1C(=O)NC2CC3=CC(Cl)C(C=C3)Oc3cc4cc(c3O)Oc3ccc(cc3Cl)C(O)C3NC(=O)C(CC(=O)C4NC(=O)C(CC2=O)c2cc(O)cc(c2)Oc2cc1ccc2O)c1ccc(O)c(c1)-c1c(O)cc(O)cc1CNC3=O.O=C=O. The highest BCUT2D eigenvalue weighted by atomic mass is 35.5. The third-order valence-corrected chi connectivity index (χ3v) is 15.9. The maximum atomic E-state index is 15.8. The molecule has 9 atom stereocenters. The number of halogens is 2. The number of nitrogens with one attached hydrogen (secondary N) is 4. The molecule has 0 spiro atoms. The van der Waals surface area contributed by atoms with Crippen molar-refractivity contribution in [1.29, 1.82) is 0 Å². The molecule has 6 aromatic rings. The van der Waals surface area contributed by atoms with Crippen LogP contribution in [0.1, 0.15) is 89.5 Å². The number of aliphatic hydroxyl groups is 1. The van der Waals surface area contributed by atoms with E-state index in [4.69, 9.17) is 47.0 Å². The summed E-state index contributed by atoms with van der Waals surface area (Å²) in [5.74, 6) is -13.4. The van der Waals surface area contributed by atoms with Crippen molar-refractivity contribution < 1.29 is 88.3 Å². The van der Waals surface area contributed by atoms with Crippen molar-refractivity contribution >= 4 is 64.5 Å². The fourth-order valence-corrected chi connectivity index (χ4v) is 11.3. The number of hydrogen-bond acceptors (Lipinski definition) is 18. The number of benzene rings is 6. The standard InChI is InChI=1S/C60H50Cl2N4O16.CO2/c1-25-27-3-7-43(70)49(17-27)80-35-14-30(12-33(67)20-35)37-22-44(71)41(64-57(25)76)11-26-2-8-47(39(61)10-26)81-50-18-31-19-51(56(50)75)82-48-9-5-29(16-40(48)62)55(74)54-60(79)63-24-32-13-34(68)21-45(72)52(32)38-15-28(4-6-42(38)69)36(58(77)66-54)23-46(73)53(31)65-59(37)78;2-1-3/h2-10,12-21,25,36-37,39,41,47,53-55,67-70,72,74-75H,11,22-24H2,1H3,(H,63,79)(H,64,76)(H,65,78)(H,66,77);. The molecule has 6 heterocycles. The lowest BCUT2D eigenvalue weighted by molar-refractivity contribution is -0.191. The zero-order valence-electron chi connectivity index (χ0n) is 44.4. The van der Waals surface area contributed by atoms with Gasteiger partial charge >= 0.3 is 6.15 Å². The number of aromatic hydroxyl groups is 6. The Morgan fingerprint density at radius 1 is 0.600 bits per heavy atom. The van der Waals surface area contributed by atoms with Crippen molar-refractivity contribution in [3.05, 3.63) is 159 Å². The minimum Gasteiger partial charge on any atom is -0.508 e. The summed E-state index contributed by atoms with van der Waals surface area (Å²) in [5, 5.41) is 89.3. The maximum absolute atomic E-state index is 15.8. The van der Waals surface area contributed by atoms with Crippen LogP contribution in [0.25, 0.3) is 11.1 Å². The van der Waals surface area contributed by atoms with E-state index >= 15 is 19.2 Å². The van der Waals surface area contributed by atoms with E-state index in [-0.39, 0.29) is 85.3 Å². The topological polar surface area (TPSA) is 354 Å². The van der Waals surface area contributed by atoms with Gasteiger partial charge in [0, 0.05) is 42.6 Å². The molecule has 0 aromatic heterocycles. The Morgan fingerprint density at radius 3 is 2.02 bits per heavy atom. The van der Waals surface area contributed by atoms with E-state index in [1.165, 1.54) is 91.0 Å². The van der Waals surface area contributed by atoms with Crippen molar-refractivity contribution in [2.75, 3.05) is 0 Å². The average molecular weight is 1200 g/mol. The molecule has 22 nitrogen and oxygen atoms in total. The molecule has 436 valence electrons. The van der Waals surface area contributed by atoms with Gasteiger partial charge < -0.3 is 71.2 Å². The molecule has 4 amide bonds. The Labute approximate surface area is 491 Å². The quantitative estimate of drug-likeness (QED) is 0.0689. The summed E-state index contributed by atoms with van der Waals surface area (Å²) >= 11 is 13.9. The van der Waals surface area contributed by atoms with Gasteiger partial charge in [-0.1, -0.05) is 42.0 Å². The molecule has 11 N–H and O–H groups in total. The first-order valence-electron chi connectivity index (χ1n) is 26.3. The van der Waals surface area contributed by atoms with Crippen molar-refractivity contribution in [3.8, 4) is 74.4 Å². The number of ether oxygens (including phenoxy) is 3. The first-order chi connectivity index (χ1) is 40.6. The number of fused-ring (bicyclic) bond motifs is 13. The van der Waals surface area contributed by atoms with Gasteiger partial charge in [-0.05, 0) is 125 Å². The van der Waals surface area contributed by atoms with Crippen LogP contribution in [0.3, 0.4) is 0 Å². The number of phenolic OH excluding ortho intramolecular Hbond substituents is 6. The highest BCUT2D eigenvalue weighted by Gasteiger charge is 2.40. The van der Waals surface area contributed by atoms with Gasteiger partial charge in [0.15, 0.2) is 34.6 Å². The minimum atomic E-state index is -1.91. The Kier molecular flexibility index (Phi) is 16.3. The number of hydrogen-bond donors (Lipinski definition) is 11. The summed E-state index contributed by atoms with van der Waals surface area (Å²) in [4.78, 5) is 106. The number of amides is 4. The second-order valence-corrected chi connectivity index (χ2v) is 21.7. The molecule has 0 saturated heterocycles. The third-order valence-electron chi connectivity index (χ3n) is 15.2. The monoisotopic (exact) mass is 1200 g/mol. The van der Waals surface area contributed by atoms with Crippen molar-refractivity contribution in [2.45, 2.75) is 86.2 Å². The van der Waals surface area contributed by atoms with E-state index in [1.54, 1.807) is 25.2 Å². The van der Waals surface area contributed by atoms with Crippen LogP contribution in [-0.2, 0) is 44.9 Å². The van der Waals surface area contributed by atoms with Crippen molar-refractivity contribution in [1.82, 2.24) is 21.3 Å². The first kappa shape index (κ1) is 58.3. The van der Waals surface area contributed by atoms with Crippen LogP contribution in [0.2, 0.25) is 5.02 Å². The number of phenols is 6. The summed E-state index contributed by atoms with van der Waals surface area (Å²) in [6, 6.07) is 15.3. The van der Waals surface area contributed by atoms with E-state index in [9.17, 15) is 45.3 Å². The molecule has 6 aliphatic heterocycles. The largest absolute Gasteiger partial charge is 0.508 e. The Morgan fingerprint density at radius 2 is 1.27 bits per heavy atom. The summed E-state index contributed by atoms with van der Waals surface area (Å²) < 4.78 is 18.8. The third kappa shape index (κ3) is 12.0. The number of Topliss-reactive ketones (excluding diaryl/α,β-unsaturated/α-hetero) is 2. The molecule has 85 heavy (non-hydrogen) atoms. The van der Waals surface area contributed by atoms with Gasteiger partial charge in [-0.25, -0.2) is 0 Å². The smallest absolute Gasteiger partial charge is 0.373 e. The molecule has 0 radical (unpaired) electrons. The molecular formula is C61H50Cl2N4O18. The highest BCUT2D eigenvalue weighted by Crippen LogP contribution is 2.47. The lowest BCUT2D eigenvalue weighted by Crippen LogP contribution is -2.51. The van der Waals surface area contributed by atoms with Crippen LogP contribution in [0.5, 0.6) is 63.2 Å². The second kappa shape index (κ2) is 23.8. The number of aliphatic hydroxyl groups excluding tert-OH is 1.